The number of hydrogen-bond acceptors (Lipinski definition) is 6. The van der Waals surface area contributed by atoms with Crippen LogP contribution in [0.1, 0.15) is 57.8 Å². The monoisotopic (exact) mass is 433 g/mol. The fourth-order valence-electron chi connectivity index (χ4n) is 4.41. The SMILES string of the molecule is CN(/C=C\N)CC(CC(=O)O)CC1=CCC=C(OCC2NC3=C(CCCC3)S2)CC1. The second-order valence-corrected chi connectivity index (χ2v) is 9.69. The molecular formula is C23H35N3O3S. The first-order valence-corrected chi connectivity index (χ1v) is 11.9. The Balaban J connectivity index is 1.43. The number of carboxylic acid groups (broad SMARTS) is 1. The second-order valence-electron chi connectivity index (χ2n) is 8.39. The van der Waals surface area contributed by atoms with E-state index in [1.54, 1.807) is 6.20 Å². The van der Waals surface area contributed by atoms with Crippen LogP contribution in [-0.2, 0) is 9.53 Å². The molecule has 3 aliphatic rings. The fraction of sp³-hybridized carbons (Fsp3) is 0.609. The van der Waals surface area contributed by atoms with E-state index < -0.39 is 5.97 Å². The molecule has 0 saturated carbocycles. The molecule has 2 unspecified atom stereocenters. The van der Waals surface area contributed by atoms with Crippen LogP contribution >= 0.6 is 11.8 Å². The molecule has 2 atom stereocenters. The molecule has 2 aliphatic carbocycles. The molecule has 166 valence electrons. The molecule has 4 N–H and O–H groups in total. The van der Waals surface area contributed by atoms with Crippen LogP contribution in [0.2, 0.25) is 0 Å². The molecule has 6 nitrogen and oxygen atoms in total. The lowest BCUT2D eigenvalue weighted by atomic mass is 9.93. The average molecular weight is 434 g/mol. The van der Waals surface area contributed by atoms with Gasteiger partial charge in [0.15, 0.2) is 0 Å². The number of aliphatic carboxylic acids is 1. The van der Waals surface area contributed by atoms with Gasteiger partial charge in [-0.05, 0) is 56.9 Å². The maximum atomic E-state index is 11.3. The van der Waals surface area contributed by atoms with Crippen LogP contribution in [0.5, 0.6) is 0 Å². The molecule has 0 spiro atoms. The number of carboxylic acids is 1. The molecule has 1 aliphatic heterocycles. The Morgan fingerprint density at radius 1 is 1.37 bits per heavy atom. The number of rotatable bonds is 10. The van der Waals surface area contributed by atoms with Crippen molar-refractivity contribution in [2.24, 2.45) is 11.7 Å². The first kappa shape index (κ1) is 22.7. The first-order valence-electron chi connectivity index (χ1n) is 11.0. The van der Waals surface area contributed by atoms with Crippen molar-refractivity contribution in [3.63, 3.8) is 0 Å². The highest BCUT2D eigenvalue weighted by atomic mass is 32.2. The van der Waals surface area contributed by atoms with Crippen LogP contribution in [0.15, 0.2) is 46.5 Å². The zero-order valence-corrected chi connectivity index (χ0v) is 18.8. The third-order valence-electron chi connectivity index (χ3n) is 5.80. The highest BCUT2D eigenvalue weighted by Crippen LogP contribution is 2.39. The molecule has 7 heteroatoms. The molecule has 0 bridgehead atoms. The van der Waals surface area contributed by atoms with Gasteiger partial charge in [0.1, 0.15) is 12.0 Å². The number of thioether (sulfide) groups is 1. The topological polar surface area (TPSA) is 87.8 Å². The quantitative estimate of drug-likeness (QED) is 0.443. The van der Waals surface area contributed by atoms with Crippen LogP contribution in [-0.4, -0.2) is 41.5 Å². The van der Waals surface area contributed by atoms with E-state index in [-0.39, 0.29) is 12.3 Å². The number of nitrogens with two attached hydrogens (primary N) is 1. The maximum absolute atomic E-state index is 11.3. The van der Waals surface area contributed by atoms with E-state index >= 15 is 0 Å². The van der Waals surface area contributed by atoms with Crippen molar-refractivity contribution in [1.82, 2.24) is 10.2 Å². The van der Waals surface area contributed by atoms with Gasteiger partial charge in [-0.2, -0.15) is 0 Å². The van der Waals surface area contributed by atoms with Crippen molar-refractivity contribution in [2.45, 2.75) is 63.2 Å². The van der Waals surface area contributed by atoms with Crippen LogP contribution < -0.4 is 11.1 Å². The normalized spacial score (nSPS) is 22.6. The minimum Gasteiger partial charge on any atom is -0.495 e. The zero-order chi connectivity index (χ0) is 21.3. The standard InChI is InChI=1S/C23H35N3O3S/c1-26(12-11-24)15-18(14-23(27)28)13-17-5-4-6-19(10-9-17)29-16-22-25-20-7-2-3-8-21(20)30-22/h5-6,11-12,18,22,25H,2-4,7-10,13-16,24H2,1H3,(H,27,28)/b12-11-. The molecular weight excluding hydrogens is 398 g/mol. The molecule has 3 rings (SSSR count). The maximum Gasteiger partial charge on any atom is 0.303 e. The number of ether oxygens (including phenoxy) is 1. The van der Waals surface area contributed by atoms with Gasteiger partial charge in [-0.1, -0.05) is 11.6 Å². The summed E-state index contributed by atoms with van der Waals surface area (Å²) in [4.78, 5) is 14.8. The number of nitrogens with one attached hydrogen (secondary N) is 1. The van der Waals surface area contributed by atoms with Crippen molar-refractivity contribution in [2.75, 3.05) is 20.2 Å². The molecule has 0 saturated heterocycles. The van der Waals surface area contributed by atoms with E-state index in [1.807, 2.05) is 23.7 Å². The number of allylic oxidation sites excluding steroid dienone is 6. The lowest BCUT2D eigenvalue weighted by Gasteiger charge is -2.23. The second kappa shape index (κ2) is 11.4. The molecule has 0 radical (unpaired) electrons. The minimum absolute atomic E-state index is 0.0638. The Morgan fingerprint density at radius 3 is 2.97 bits per heavy atom. The van der Waals surface area contributed by atoms with Crippen molar-refractivity contribution in [3.05, 3.63) is 46.5 Å². The van der Waals surface area contributed by atoms with Crippen LogP contribution in [0.3, 0.4) is 0 Å². The van der Waals surface area contributed by atoms with E-state index in [0.29, 0.717) is 18.5 Å². The van der Waals surface area contributed by atoms with Gasteiger partial charge in [0, 0.05) is 43.0 Å². The van der Waals surface area contributed by atoms with Gasteiger partial charge in [0.05, 0.1) is 12.2 Å². The van der Waals surface area contributed by atoms with Crippen molar-refractivity contribution in [1.29, 1.82) is 0 Å². The average Bonchev–Trinajstić information content (AvgIpc) is 2.99. The Hall–Kier alpha value is -2.02. The summed E-state index contributed by atoms with van der Waals surface area (Å²) in [5.41, 5.74) is 8.22. The lowest BCUT2D eigenvalue weighted by Crippen LogP contribution is -2.25. The largest absolute Gasteiger partial charge is 0.495 e. The van der Waals surface area contributed by atoms with Crippen LogP contribution in [0, 0.1) is 5.92 Å². The summed E-state index contributed by atoms with van der Waals surface area (Å²) in [5, 5.41) is 13.2. The summed E-state index contributed by atoms with van der Waals surface area (Å²) in [6.07, 6.45) is 16.3. The summed E-state index contributed by atoms with van der Waals surface area (Å²) < 4.78 is 6.16. The van der Waals surface area contributed by atoms with Gasteiger partial charge in [0.25, 0.3) is 0 Å². The van der Waals surface area contributed by atoms with Gasteiger partial charge in [-0.25, -0.2) is 0 Å². The Bertz CT molecular complexity index is 711. The van der Waals surface area contributed by atoms with Gasteiger partial charge in [0.2, 0.25) is 0 Å². The minimum atomic E-state index is -0.751. The summed E-state index contributed by atoms with van der Waals surface area (Å²) in [5.74, 6) is 0.375. The number of hydrogen-bond donors (Lipinski definition) is 3. The molecule has 0 aromatic heterocycles. The smallest absolute Gasteiger partial charge is 0.303 e. The zero-order valence-electron chi connectivity index (χ0n) is 17.9. The molecule has 0 aromatic carbocycles. The Kier molecular flexibility index (Phi) is 8.61. The Labute approximate surface area is 184 Å². The van der Waals surface area contributed by atoms with Crippen molar-refractivity contribution >= 4 is 17.7 Å². The van der Waals surface area contributed by atoms with Gasteiger partial charge in [-0.3, -0.25) is 4.79 Å². The van der Waals surface area contributed by atoms with E-state index in [4.69, 9.17) is 10.5 Å². The van der Waals surface area contributed by atoms with E-state index in [2.05, 4.69) is 17.5 Å². The molecule has 0 fully saturated rings. The predicted molar refractivity (Wildman–Crippen MR) is 122 cm³/mol. The molecule has 1 heterocycles. The van der Waals surface area contributed by atoms with E-state index in [9.17, 15) is 9.90 Å². The number of nitrogens with zero attached hydrogens (tertiary/aromatic N) is 1. The summed E-state index contributed by atoms with van der Waals surface area (Å²) in [6.45, 7) is 1.37. The van der Waals surface area contributed by atoms with Crippen molar-refractivity contribution in [3.8, 4) is 0 Å². The molecule has 0 aromatic rings. The number of carbonyl (C=O) groups is 1. The van der Waals surface area contributed by atoms with E-state index in [0.717, 1.165) is 31.4 Å². The van der Waals surface area contributed by atoms with Gasteiger partial charge < -0.3 is 25.8 Å². The Morgan fingerprint density at radius 2 is 2.20 bits per heavy atom. The molecule has 30 heavy (non-hydrogen) atoms. The highest BCUT2D eigenvalue weighted by molar-refractivity contribution is 8.03. The molecule has 0 amide bonds. The van der Waals surface area contributed by atoms with Crippen LogP contribution in [0.4, 0.5) is 0 Å². The summed E-state index contributed by atoms with van der Waals surface area (Å²) in [7, 11) is 1.93. The summed E-state index contributed by atoms with van der Waals surface area (Å²) >= 11 is 1.94. The van der Waals surface area contributed by atoms with Crippen molar-refractivity contribution < 1.29 is 14.6 Å². The highest BCUT2D eigenvalue weighted by Gasteiger charge is 2.26. The van der Waals surface area contributed by atoms with Gasteiger partial charge in [-0.15, -0.1) is 11.8 Å². The summed E-state index contributed by atoms with van der Waals surface area (Å²) in [6, 6.07) is 0. The fourth-order valence-corrected chi connectivity index (χ4v) is 5.66. The lowest BCUT2D eigenvalue weighted by molar-refractivity contribution is -0.138. The van der Waals surface area contributed by atoms with E-state index in [1.165, 1.54) is 48.1 Å². The first-order chi connectivity index (χ1) is 14.5. The third-order valence-corrected chi connectivity index (χ3v) is 7.08. The predicted octanol–water partition coefficient (Wildman–Crippen LogP) is 4.29. The van der Waals surface area contributed by atoms with Gasteiger partial charge >= 0.3 is 5.97 Å². The third kappa shape index (κ3) is 7.04. The van der Waals surface area contributed by atoms with Crippen LogP contribution in [0.25, 0.3) is 0 Å².